The summed E-state index contributed by atoms with van der Waals surface area (Å²) in [5.41, 5.74) is 4.74. The Bertz CT molecular complexity index is 918. The monoisotopic (exact) mass is 421 g/mol. The van der Waals surface area contributed by atoms with Crippen LogP contribution in [-0.2, 0) is 11.2 Å². The Morgan fingerprint density at radius 1 is 1.03 bits per heavy atom. The van der Waals surface area contributed by atoms with Gasteiger partial charge >= 0.3 is 0 Å². The van der Waals surface area contributed by atoms with Crippen molar-refractivity contribution in [2.45, 2.75) is 37.7 Å². The van der Waals surface area contributed by atoms with E-state index in [1.54, 1.807) is 0 Å². The van der Waals surface area contributed by atoms with Crippen LogP contribution >= 0.6 is 0 Å². The van der Waals surface area contributed by atoms with Crippen LogP contribution in [0.4, 0.5) is 11.4 Å². The minimum absolute atomic E-state index is 0.0620. The molecule has 5 rings (SSSR count). The number of hydrogen-bond donors (Lipinski definition) is 2. The molecule has 0 spiro atoms. The third-order valence-corrected chi connectivity index (χ3v) is 6.56. The number of rotatable bonds is 7. The van der Waals surface area contributed by atoms with E-state index < -0.39 is 6.10 Å². The second-order valence-electron chi connectivity index (χ2n) is 8.99. The smallest absolute Gasteiger partial charge is 0.224 e. The predicted molar refractivity (Wildman–Crippen MR) is 122 cm³/mol. The van der Waals surface area contributed by atoms with Crippen LogP contribution in [0.1, 0.15) is 36.3 Å². The lowest BCUT2D eigenvalue weighted by atomic mass is 10.0. The highest BCUT2D eigenvalue weighted by molar-refractivity contribution is 5.94. The van der Waals surface area contributed by atoms with Gasteiger partial charge in [0.15, 0.2) is 0 Å². The van der Waals surface area contributed by atoms with Crippen LogP contribution in [0, 0.1) is 0 Å². The van der Waals surface area contributed by atoms with E-state index >= 15 is 0 Å². The molecule has 2 fully saturated rings. The molecular weight excluding hydrogens is 390 g/mol. The Balaban J connectivity index is 1.06. The summed E-state index contributed by atoms with van der Waals surface area (Å²) in [6.45, 7) is 4.74. The number of nitrogens with one attached hydrogen (secondary N) is 1. The quantitative estimate of drug-likeness (QED) is 0.720. The summed E-state index contributed by atoms with van der Waals surface area (Å²) in [5.74, 6) is 1.61. The highest BCUT2D eigenvalue weighted by Crippen LogP contribution is 2.40. The summed E-state index contributed by atoms with van der Waals surface area (Å²) in [5, 5.41) is 13.3. The minimum Gasteiger partial charge on any atom is -0.491 e. The molecule has 0 radical (unpaired) electrons. The van der Waals surface area contributed by atoms with Gasteiger partial charge in [0.25, 0.3) is 0 Å². The van der Waals surface area contributed by atoms with Gasteiger partial charge in [-0.25, -0.2) is 0 Å². The number of ether oxygens (including phenoxy) is 1. The van der Waals surface area contributed by atoms with Crippen molar-refractivity contribution >= 4 is 17.3 Å². The van der Waals surface area contributed by atoms with Gasteiger partial charge in [-0.05, 0) is 66.6 Å². The average molecular weight is 422 g/mol. The summed E-state index contributed by atoms with van der Waals surface area (Å²) >= 11 is 0. The molecule has 1 atom stereocenters. The lowest BCUT2D eigenvalue weighted by Crippen LogP contribution is -2.49. The molecule has 6 heteroatoms. The second-order valence-corrected chi connectivity index (χ2v) is 8.99. The minimum atomic E-state index is -0.528. The van der Waals surface area contributed by atoms with E-state index in [1.807, 2.05) is 18.2 Å². The topological polar surface area (TPSA) is 65.0 Å². The van der Waals surface area contributed by atoms with Crippen LogP contribution in [0.15, 0.2) is 42.5 Å². The van der Waals surface area contributed by atoms with E-state index in [0.717, 1.165) is 55.5 Å². The van der Waals surface area contributed by atoms with E-state index in [0.29, 0.717) is 13.0 Å². The van der Waals surface area contributed by atoms with E-state index in [4.69, 9.17) is 4.74 Å². The third kappa shape index (κ3) is 5.02. The molecule has 2 aromatic rings. The van der Waals surface area contributed by atoms with Gasteiger partial charge in [0.05, 0.1) is 0 Å². The Morgan fingerprint density at radius 2 is 1.81 bits per heavy atom. The molecule has 31 heavy (non-hydrogen) atoms. The van der Waals surface area contributed by atoms with Crippen LogP contribution in [0.25, 0.3) is 0 Å². The highest BCUT2D eigenvalue weighted by atomic mass is 16.5. The van der Waals surface area contributed by atoms with Crippen molar-refractivity contribution in [3.63, 3.8) is 0 Å². The van der Waals surface area contributed by atoms with E-state index in [2.05, 4.69) is 39.4 Å². The van der Waals surface area contributed by atoms with Crippen molar-refractivity contribution in [2.24, 2.45) is 0 Å². The van der Waals surface area contributed by atoms with Crippen molar-refractivity contribution < 1.29 is 14.6 Å². The van der Waals surface area contributed by atoms with Gasteiger partial charge in [0.1, 0.15) is 18.5 Å². The van der Waals surface area contributed by atoms with Gasteiger partial charge in [-0.1, -0.05) is 12.1 Å². The van der Waals surface area contributed by atoms with Crippen molar-refractivity contribution in [1.29, 1.82) is 0 Å². The fourth-order valence-electron chi connectivity index (χ4n) is 4.56. The first-order valence-corrected chi connectivity index (χ1v) is 11.4. The normalized spacial score (nSPS) is 20.2. The fraction of sp³-hybridized carbons (Fsp3) is 0.480. The molecule has 1 saturated heterocycles. The summed E-state index contributed by atoms with van der Waals surface area (Å²) in [6.07, 6.45) is 3.40. The summed E-state index contributed by atoms with van der Waals surface area (Å²) in [4.78, 5) is 16.2. The van der Waals surface area contributed by atoms with E-state index in [-0.39, 0.29) is 12.5 Å². The van der Waals surface area contributed by atoms with Crippen LogP contribution in [0.5, 0.6) is 5.75 Å². The van der Waals surface area contributed by atoms with Crippen LogP contribution in [-0.4, -0.2) is 61.3 Å². The number of nitrogens with zero attached hydrogens (tertiary/aromatic N) is 2. The first-order chi connectivity index (χ1) is 15.1. The number of benzene rings is 2. The fourth-order valence-corrected chi connectivity index (χ4v) is 4.56. The Labute approximate surface area is 183 Å². The van der Waals surface area contributed by atoms with Crippen LogP contribution < -0.4 is 15.0 Å². The zero-order valence-corrected chi connectivity index (χ0v) is 17.9. The number of amides is 1. The predicted octanol–water partition coefficient (Wildman–Crippen LogP) is 3.01. The average Bonchev–Trinajstić information content (AvgIpc) is 3.64. The first-order valence-electron chi connectivity index (χ1n) is 11.4. The number of aliphatic hydroxyl groups is 1. The zero-order chi connectivity index (χ0) is 21.2. The molecule has 2 heterocycles. The maximum Gasteiger partial charge on any atom is 0.224 e. The zero-order valence-electron chi connectivity index (χ0n) is 17.9. The second kappa shape index (κ2) is 8.89. The molecule has 164 valence electrons. The number of piperazine rings is 1. The van der Waals surface area contributed by atoms with Gasteiger partial charge in [-0.15, -0.1) is 0 Å². The van der Waals surface area contributed by atoms with E-state index in [9.17, 15) is 9.90 Å². The van der Waals surface area contributed by atoms with Crippen LogP contribution in [0.3, 0.4) is 0 Å². The van der Waals surface area contributed by atoms with Gasteiger partial charge in [-0.2, -0.15) is 0 Å². The Kier molecular flexibility index (Phi) is 5.83. The molecular formula is C25H31N3O3. The number of hydrogen-bond acceptors (Lipinski definition) is 5. The maximum atomic E-state index is 11.5. The Morgan fingerprint density at radius 3 is 2.55 bits per heavy atom. The highest BCUT2D eigenvalue weighted by Gasteiger charge is 2.24. The number of β-amino-alcohol motifs (C(OH)–C–C–N with tert-alkyl or cyclic N) is 1. The lowest BCUT2D eigenvalue weighted by Gasteiger charge is -2.37. The molecule has 0 bridgehead atoms. The summed E-state index contributed by atoms with van der Waals surface area (Å²) in [6, 6.07) is 14.8. The summed E-state index contributed by atoms with van der Waals surface area (Å²) in [7, 11) is 0. The first kappa shape index (κ1) is 20.3. The van der Waals surface area contributed by atoms with Crippen molar-refractivity contribution in [3.05, 3.63) is 53.6 Å². The van der Waals surface area contributed by atoms with Gasteiger partial charge in [0.2, 0.25) is 5.91 Å². The van der Waals surface area contributed by atoms with Crippen molar-refractivity contribution in [2.75, 3.05) is 49.5 Å². The molecule has 3 aliphatic rings. The van der Waals surface area contributed by atoms with Gasteiger partial charge in [-0.3, -0.25) is 9.69 Å². The number of carbonyl (C=O) groups excluding carboxylic acids is 1. The largest absolute Gasteiger partial charge is 0.491 e. The van der Waals surface area contributed by atoms with Gasteiger partial charge < -0.3 is 20.1 Å². The lowest BCUT2D eigenvalue weighted by molar-refractivity contribution is -0.116. The molecule has 2 aliphatic heterocycles. The molecule has 6 nitrogen and oxygen atoms in total. The molecule has 1 amide bonds. The molecule has 0 aromatic heterocycles. The van der Waals surface area contributed by atoms with Crippen molar-refractivity contribution in [1.82, 2.24) is 4.90 Å². The standard InChI is InChI=1S/C25H31N3O3/c29-22(17-31-23-8-9-24-20(15-23)5-10-25(30)26-24)16-27-11-13-28(14-12-27)21-6-3-19(4-7-21)18-1-2-18/h3-4,6-9,15,18,22,29H,1-2,5,10-14,16-17H2,(H,26,30)/t22-/m1/s1. The number of anilines is 2. The van der Waals surface area contributed by atoms with E-state index in [1.165, 1.54) is 24.1 Å². The number of aliphatic hydroxyl groups excluding tert-OH is 1. The maximum absolute atomic E-state index is 11.5. The third-order valence-electron chi connectivity index (χ3n) is 6.56. The molecule has 1 aliphatic carbocycles. The number of carbonyl (C=O) groups is 1. The van der Waals surface area contributed by atoms with Crippen LogP contribution in [0.2, 0.25) is 0 Å². The molecule has 0 unspecified atom stereocenters. The SMILES string of the molecule is O=C1CCc2cc(OC[C@H](O)CN3CCN(c4ccc(C5CC5)cc4)CC3)ccc2N1. The molecule has 2 N–H and O–H groups in total. The van der Waals surface area contributed by atoms with Gasteiger partial charge in [0, 0.05) is 50.5 Å². The number of aryl methyl sites for hydroxylation is 1. The Hall–Kier alpha value is -2.57. The number of fused-ring (bicyclic) bond motifs is 1. The van der Waals surface area contributed by atoms with Crippen molar-refractivity contribution in [3.8, 4) is 5.75 Å². The summed E-state index contributed by atoms with van der Waals surface area (Å²) < 4.78 is 5.83. The molecule has 1 saturated carbocycles. The molecule has 2 aromatic carbocycles.